The van der Waals surface area contributed by atoms with Crippen LogP contribution in [0, 0.1) is 5.41 Å². The predicted octanol–water partition coefficient (Wildman–Crippen LogP) is 2.43. The second-order valence-electron chi connectivity index (χ2n) is 4.18. The normalized spacial score (nSPS) is 19.0. The van der Waals surface area contributed by atoms with E-state index in [0.29, 0.717) is 6.42 Å². The zero-order valence-corrected chi connectivity index (χ0v) is 9.20. The Morgan fingerprint density at radius 1 is 1.47 bits per heavy atom. The van der Waals surface area contributed by atoms with Gasteiger partial charge in [0, 0.05) is 23.7 Å². The molecule has 0 saturated heterocycles. The van der Waals surface area contributed by atoms with Crippen molar-refractivity contribution in [1.29, 1.82) is 0 Å². The first kappa shape index (κ1) is 10.6. The summed E-state index contributed by atoms with van der Waals surface area (Å²) < 4.78 is 0. The van der Waals surface area contributed by atoms with E-state index in [0.717, 1.165) is 37.7 Å². The first-order valence-corrected chi connectivity index (χ1v) is 5.56. The lowest BCUT2D eigenvalue weighted by molar-refractivity contribution is -0.116. The lowest BCUT2D eigenvalue weighted by Gasteiger charge is -2.20. The minimum Gasteiger partial charge on any atom is -0.303 e. The number of hydrogen-bond donors (Lipinski definition) is 0. The van der Waals surface area contributed by atoms with E-state index < -0.39 is 0 Å². The highest BCUT2D eigenvalue weighted by atomic mass is 35.5. The smallest absolute Gasteiger partial charge is 0.222 e. The van der Waals surface area contributed by atoms with Gasteiger partial charge in [-0.05, 0) is 30.5 Å². The molecule has 1 saturated carbocycles. The fraction of sp³-hybridized carbons (Fsp3) is 0.545. The van der Waals surface area contributed by atoms with Crippen LogP contribution < -0.4 is 0 Å². The molecule has 1 aromatic rings. The summed E-state index contributed by atoms with van der Waals surface area (Å²) in [5.41, 5.74) is 0.668. The molecule has 0 aliphatic heterocycles. The first-order chi connectivity index (χ1) is 7.24. The van der Waals surface area contributed by atoms with Crippen molar-refractivity contribution in [2.75, 3.05) is 0 Å². The van der Waals surface area contributed by atoms with Gasteiger partial charge in [-0.25, -0.2) is 9.97 Å². The van der Waals surface area contributed by atoms with Crippen LogP contribution >= 0.6 is 11.6 Å². The third-order valence-electron chi connectivity index (χ3n) is 3.07. The van der Waals surface area contributed by atoms with E-state index >= 15 is 0 Å². The molecule has 2 rings (SSSR count). The summed E-state index contributed by atoms with van der Waals surface area (Å²) in [5.74, 6) is 0. The molecule has 80 valence electrons. The topological polar surface area (TPSA) is 42.9 Å². The predicted molar refractivity (Wildman–Crippen MR) is 57.7 cm³/mol. The van der Waals surface area contributed by atoms with Gasteiger partial charge >= 0.3 is 0 Å². The van der Waals surface area contributed by atoms with Crippen molar-refractivity contribution in [2.45, 2.75) is 32.1 Å². The summed E-state index contributed by atoms with van der Waals surface area (Å²) in [6, 6.07) is 1.83. The van der Waals surface area contributed by atoms with Gasteiger partial charge < -0.3 is 4.79 Å². The van der Waals surface area contributed by atoms with E-state index in [1.807, 2.05) is 6.07 Å². The van der Waals surface area contributed by atoms with Crippen molar-refractivity contribution in [2.24, 2.45) is 5.41 Å². The monoisotopic (exact) mass is 224 g/mol. The third kappa shape index (κ3) is 2.34. The molecule has 4 heteroatoms. The summed E-state index contributed by atoms with van der Waals surface area (Å²) in [5, 5.41) is 0.256. The van der Waals surface area contributed by atoms with Crippen molar-refractivity contribution >= 4 is 17.9 Å². The van der Waals surface area contributed by atoms with Gasteiger partial charge in [0.15, 0.2) is 0 Å². The Morgan fingerprint density at radius 3 is 2.80 bits per heavy atom. The zero-order valence-electron chi connectivity index (χ0n) is 8.45. The van der Waals surface area contributed by atoms with Crippen LogP contribution in [0.4, 0.5) is 0 Å². The second-order valence-corrected chi connectivity index (χ2v) is 4.52. The van der Waals surface area contributed by atoms with E-state index in [4.69, 9.17) is 11.6 Å². The van der Waals surface area contributed by atoms with Crippen molar-refractivity contribution in [1.82, 2.24) is 9.97 Å². The van der Waals surface area contributed by atoms with E-state index in [-0.39, 0.29) is 10.7 Å². The molecule has 0 aromatic carbocycles. The molecular weight excluding hydrogens is 212 g/mol. The Hall–Kier alpha value is -0.960. The molecule has 0 unspecified atom stereocenters. The van der Waals surface area contributed by atoms with Crippen LogP contribution in [0.3, 0.4) is 0 Å². The van der Waals surface area contributed by atoms with Crippen LogP contribution in [-0.4, -0.2) is 16.3 Å². The number of carbonyl (C=O) groups is 1. The van der Waals surface area contributed by atoms with Gasteiger partial charge in [0.2, 0.25) is 5.28 Å². The summed E-state index contributed by atoms with van der Waals surface area (Å²) in [6.07, 6.45) is 7.64. The highest BCUT2D eigenvalue weighted by Gasteiger charge is 2.34. The van der Waals surface area contributed by atoms with Gasteiger partial charge in [-0.1, -0.05) is 12.8 Å². The molecule has 0 bridgehead atoms. The van der Waals surface area contributed by atoms with E-state index in [2.05, 4.69) is 9.97 Å². The standard InChI is InChI=1S/C11H13ClN2O/c12-10-13-6-3-9(14-10)7-11(8-15)4-1-2-5-11/h3,6,8H,1-2,4-5,7H2. The van der Waals surface area contributed by atoms with Gasteiger partial charge in [0.05, 0.1) is 0 Å². The van der Waals surface area contributed by atoms with Crippen LogP contribution in [0.15, 0.2) is 12.3 Å². The summed E-state index contributed by atoms with van der Waals surface area (Å²) in [4.78, 5) is 19.1. The quantitative estimate of drug-likeness (QED) is 0.585. The Kier molecular flexibility index (Phi) is 3.00. The average molecular weight is 225 g/mol. The Morgan fingerprint density at radius 2 is 2.20 bits per heavy atom. The molecule has 1 fully saturated rings. The fourth-order valence-electron chi connectivity index (χ4n) is 2.24. The molecule has 1 aliphatic rings. The van der Waals surface area contributed by atoms with Crippen LogP contribution in [0.25, 0.3) is 0 Å². The summed E-state index contributed by atoms with van der Waals surface area (Å²) in [6.45, 7) is 0. The number of carbonyl (C=O) groups excluding carboxylic acids is 1. The van der Waals surface area contributed by atoms with Crippen LogP contribution in [0.2, 0.25) is 5.28 Å². The Balaban J connectivity index is 2.16. The minimum absolute atomic E-state index is 0.197. The molecule has 15 heavy (non-hydrogen) atoms. The van der Waals surface area contributed by atoms with Gasteiger partial charge in [-0.2, -0.15) is 0 Å². The molecule has 3 nitrogen and oxygen atoms in total. The molecule has 0 radical (unpaired) electrons. The van der Waals surface area contributed by atoms with Crippen molar-refractivity contribution in [3.63, 3.8) is 0 Å². The maximum atomic E-state index is 11.1. The molecule has 0 spiro atoms. The van der Waals surface area contributed by atoms with Crippen LogP contribution in [-0.2, 0) is 11.2 Å². The fourth-order valence-corrected chi connectivity index (χ4v) is 2.41. The lowest BCUT2D eigenvalue weighted by atomic mass is 9.83. The summed E-state index contributed by atoms with van der Waals surface area (Å²) in [7, 11) is 0. The SMILES string of the molecule is O=CC1(Cc2ccnc(Cl)n2)CCCC1. The van der Waals surface area contributed by atoms with Crippen molar-refractivity contribution in [3.05, 3.63) is 23.2 Å². The molecule has 0 amide bonds. The number of hydrogen-bond acceptors (Lipinski definition) is 3. The molecule has 0 N–H and O–H groups in total. The van der Waals surface area contributed by atoms with Gasteiger partial charge in [-0.15, -0.1) is 0 Å². The van der Waals surface area contributed by atoms with Crippen molar-refractivity contribution in [3.8, 4) is 0 Å². The lowest BCUT2D eigenvalue weighted by Crippen LogP contribution is -2.22. The minimum atomic E-state index is -0.197. The van der Waals surface area contributed by atoms with Crippen LogP contribution in [0.1, 0.15) is 31.4 Å². The molecule has 0 atom stereocenters. The van der Waals surface area contributed by atoms with Crippen LogP contribution in [0.5, 0.6) is 0 Å². The van der Waals surface area contributed by atoms with E-state index in [1.54, 1.807) is 6.20 Å². The maximum absolute atomic E-state index is 11.1. The molecule has 1 heterocycles. The Labute approximate surface area is 93.9 Å². The van der Waals surface area contributed by atoms with Crippen molar-refractivity contribution < 1.29 is 4.79 Å². The van der Waals surface area contributed by atoms with E-state index in [9.17, 15) is 4.79 Å². The van der Waals surface area contributed by atoms with E-state index in [1.165, 1.54) is 0 Å². The van der Waals surface area contributed by atoms with Gasteiger partial charge in [-0.3, -0.25) is 0 Å². The number of aldehydes is 1. The zero-order chi connectivity index (χ0) is 10.7. The molecular formula is C11H13ClN2O. The number of halogens is 1. The maximum Gasteiger partial charge on any atom is 0.222 e. The highest BCUT2D eigenvalue weighted by molar-refractivity contribution is 6.28. The Bertz CT molecular complexity index is 361. The van der Waals surface area contributed by atoms with Gasteiger partial charge in [0.1, 0.15) is 6.29 Å². The highest BCUT2D eigenvalue weighted by Crippen LogP contribution is 2.38. The van der Waals surface area contributed by atoms with Gasteiger partial charge in [0.25, 0.3) is 0 Å². The molecule has 1 aliphatic carbocycles. The summed E-state index contributed by atoms with van der Waals surface area (Å²) >= 11 is 5.71. The largest absolute Gasteiger partial charge is 0.303 e. The average Bonchev–Trinajstić information content (AvgIpc) is 2.67. The third-order valence-corrected chi connectivity index (χ3v) is 3.25. The second kappa shape index (κ2) is 4.27. The number of nitrogens with zero attached hydrogens (tertiary/aromatic N) is 2. The number of rotatable bonds is 3. The number of aromatic nitrogens is 2. The molecule has 1 aromatic heterocycles. The first-order valence-electron chi connectivity index (χ1n) is 5.18.